The molecule has 0 saturated carbocycles. The van der Waals surface area contributed by atoms with Gasteiger partial charge in [-0.25, -0.2) is 4.39 Å². The molecule has 6 nitrogen and oxygen atoms in total. The van der Waals surface area contributed by atoms with Crippen molar-refractivity contribution in [1.82, 2.24) is 4.90 Å². The average Bonchev–Trinajstić information content (AvgIpc) is 2.96. The minimum atomic E-state index is -0.567. The SMILES string of the molecule is C#CCOc1ccc(/C=C2\SC(=O)N(CC(=O)Nc3ccc(F)cc3)C2=O)cc1Br. The van der Waals surface area contributed by atoms with Crippen LogP contribution in [0, 0.1) is 18.2 Å². The lowest BCUT2D eigenvalue weighted by atomic mass is 10.2. The molecule has 0 unspecified atom stereocenters. The van der Waals surface area contributed by atoms with Crippen molar-refractivity contribution >= 4 is 56.5 Å². The fraction of sp³-hybridized carbons (Fsp3) is 0.0952. The van der Waals surface area contributed by atoms with Crippen molar-refractivity contribution < 1.29 is 23.5 Å². The molecule has 1 aliphatic heterocycles. The zero-order valence-corrected chi connectivity index (χ0v) is 17.8. The monoisotopic (exact) mass is 488 g/mol. The Balaban J connectivity index is 1.68. The summed E-state index contributed by atoms with van der Waals surface area (Å²) in [5, 5.41) is 1.97. The van der Waals surface area contributed by atoms with Crippen LogP contribution in [0.5, 0.6) is 5.75 Å². The third-order valence-corrected chi connectivity index (χ3v) is 5.40. The Hall–Kier alpha value is -3.09. The maximum absolute atomic E-state index is 12.9. The molecule has 0 atom stereocenters. The summed E-state index contributed by atoms with van der Waals surface area (Å²) in [6.07, 6.45) is 6.72. The molecular formula is C21H14BrFN2O4S. The largest absolute Gasteiger partial charge is 0.480 e. The molecule has 1 saturated heterocycles. The summed E-state index contributed by atoms with van der Waals surface area (Å²) in [4.78, 5) is 38.0. The number of thioether (sulfide) groups is 1. The standard InChI is InChI=1S/C21H14BrFN2O4S/c1-2-9-29-17-8-3-13(10-16(17)22)11-18-20(27)25(21(28)30-18)12-19(26)24-15-6-4-14(23)5-7-15/h1,3-8,10-11H,9,12H2,(H,24,26)/b18-11-. The molecule has 0 aromatic heterocycles. The molecule has 1 N–H and O–H groups in total. The zero-order valence-electron chi connectivity index (χ0n) is 15.4. The number of benzene rings is 2. The fourth-order valence-corrected chi connectivity index (χ4v) is 3.86. The number of rotatable bonds is 6. The normalized spacial score (nSPS) is 14.7. The van der Waals surface area contributed by atoms with Gasteiger partial charge in [-0.1, -0.05) is 12.0 Å². The molecule has 9 heteroatoms. The van der Waals surface area contributed by atoms with Gasteiger partial charge in [0.15, 0.2) is 0 Å². The molecule has 3 amide bonds. The average molecular weight is 489 g/mol. The lowest BCUT2D eigenvalue weighted by Gasteiger charge is -2.12. The third kappa shape index (κ3) is 5.28. The number of imide groups is 1. The van der Waals surface area contributed by atoms with Crippen LogP contribution in [0.25, 0.3) is 6.08 Å². The molecule has 30 heavy (non-hydrogen) atoms. The molecule has 2 aromatic carbocycles. The van der Waals surface area contributed by atoms with E-state index in [1.54, 1.807) is 24.3 Å². The van der Waals surface area contributed by atoms with Crippen LogP contribution >= 0.6 is 27.7 Å². The summed E-state index contributed by atoms with van der Waals surface area (Å²) in [6.45, 7) is -0.321. The maximum Gasteiger partial charge on any atom is 0.294 e. The molecule has 1 fully saturated rings. The van der Waals surface area contributed by atoms with Gasteiger partial charge in [0.1, 0.15) is 24.7 Å². The molecule has 2 aromatic rings. The van der Waals surface area contributed by atoms with E-state index in [1.807, 2.05) is 0 Å². The summed E-state index contributed by atoms with van der Waals surface area (Å²) in [7, 11) is 0. The van der Waals surface area contributed by atoms with Gasteiger partial charge < -0.3 is 10.1 Å². The lowest BCUT2D eigenvalue weighted by molar-refractivity contribution is -0.127. The first-order valence-corrected chi connectivity index (χ1v) is 10.1. The van der Waals surface area contributed by atoms with Crippen molar-refractivity contribution in [2.45, 2.75) is 0 Å². The Morgan fingerprint density at radius 2 is 2.00 bits per heavy atom. The van der Waals surface area contributed by atoms with Crippen LogP contribution in [-0.2, 0) is 9.59 Å². The summed E-state index contributed by atoms with van der Waals surface area (Å²) in [6, 6.07) is 10.3. The Morgan fingerprint density at radius 3 is 2.67 bits per heavy atom. The highest BCUT2D eigenvalue weighted by molar-refractivity contribution is 9.10. The summed E-state index contributed by atoms with van der Waals surface area (Å²) in [5.74, 6) is 1.35. The Morgan fingerprint density at radius 1 is 1.27 bits per heavy atom. The van der Waals surface area contributed by atoms with Crippen LogP contribution in [0.2, 0.25) is 0 Å². The second kappa shape index (κ2) is 9.61. The highest BCUT2D eigenvalue weighted by atomic mass is 79.9. The number of amides is 3. The summed E-state index contributed by atoms with van der Waals surface area (Å²) in [5.41, 5.74) is 1.03. The number of carbonyl (C=O) groups is 3. The molecule has 152 valence electrons. The molecule has 0 bridgehead atoms. The highest BCUT2D eigenvalue weighted by Crippen LogP contribution is 2.33. The quantitative estimate of drug-likeness (QED) is 0.485. The van der Waals surface area contributed by atoms with E-state index >= 15 is 0 Å². The highest BCUT2D eigenvalue weighted by Gasteiger charge is 2.36. The van der Waals surface area contributed by atoms with Crippen LogP contribution < -0.4 is 10.1 Å². The zero-order chi connectivity index (χ0) is 21.7. The van der Waals surface area contributed by atoms with Gasteiger partial charge >= 0.3 is 0 Å². The molecule has 0 radical (unpaired) electrons. The second-order valence-corrected chi connectivity index (χ2v) is 7.85. The van der Waals surface area contributed by atoms with Crippen LogP contribution in [-0.4, -0.2) is 35.1 Å². The van der Waals surface area contributed by atoms with E-state index in [4.69, 9.17) is 11.2 Å². The van der Waals surface area contributed by atoms with E-state index in [-0.39, 0.29) is 11.5 Å². The Kier molecular flexibility index (Phi) is 6.92. The molecule has 3 rings (SSSR count). The van der Waals surface area contributed by atoms with Gasteiger partial charge in [0.05, 0.1) is 9.38 Å². The number of nitrogens with one attached hydrogen (secondary N) is 1. The van der Waals surface area contributed by atoms with Gasteiger partial charge in [0.25, 0.3) is 11.1 Å². The van der Waals surface area contributed by atoms with E-state index in [1.165, 1.54) is 24.3 Å². The minimum absolute atomic E-state index is 0.122. The topological polar surface area (TPSA) is 75.7 Å². The van der Waals surface area contributed by atoms with E-state index < -0.39 is 29.4 Å². The van der Waals surface area contributed by atoms with Crippen molar-refractivity contribution in [3.8, 4) is 18.1 Å². The van der Waals surface area contributed by atoms with Crippen LogP contribution in [0.15, 0.2) is 51.8 Å². The lowest BCUT2D eigenvalue weighted by Crippen LogP contribution is -2.36. The predicted molar refractivity (Wildman–Crippen MR) is 116 cm³/mol. The summed E-state index contributed by atoms with van der Waals surface area (Å²) >= 11 is 4.11. The van der Waals surface area contributed by atoms with Gasteiger partial charge in [0.2, 0.25) is 5.91 Å². The number of anilines is 1. The number of hydrogen-bond donors (Lipinski definition) is 1. The van der Waals surface area contributed by atoms with Crippen LogP contribution in [0.1, 0.15) is 5.56 Å². The van der Waals surface area contributed by atoms with Crippen molar-refractivity contribution in [2.24, 2.45) is 0 Å². The number of halogens is 2. The number of ether oxygens (including phenoxy) is 1. The van der Waals surface area contributed by atoms with E-state index in [9.17, 15) is 18.8 Å². The maximum atomic E-state index is 12.9. The Labute approximate surface area is 184 Å². The number of carbonyl (C=O) groups excluding carboxylic acids is 3. The van der Waals surface area contributed by atoms with Gasteiger partial charge in [-0.15, -0.1) is 6.42 Å². The van der Waals surface area contributed by atoms with Gasteiger partial charge in [-0.2, -0.15) is 0 Å². The fourth-order valence-electron chi connectivity index (χ4n) is 2.51. The first-order chi connectivity index (χ1) is 14.4. The molecule has 0 spiro atoms. The van der Waals surface area contributed by atoms with Crippen molar-refractivity contribution in [2.75, 3.05) is 18.5 Å². The predicted octanol–water partition coefficient (Wildman–Crippen LogP) is 4.28. The van der Waals surface area contributed by atoms with Crippen LogP contribution in [0.4, 0.5) is 14.9 Å². The van der Waals surface area contributed by atoms with Gasteiger partial charge in [-0.05, 0) is 75.7 Å². The van der Waals surface area contributed by atoms with Gasteiger partial charge in [0, 0.05) is 5.69 Å². The van der Waals surface area contributed by atoms with E-state index in [2.05, 4.69) is 27.2 Å². The van der Waals surface area contributed by atoms with Gasteiger partial charge in [-0.3, -0.25) is 19.3 Å². The van der Waals surface area contributed by atoms with Crippen molar-refractivity contribution in [1.29, 1.82) is 0 Å². The van der Waals surface area contributed by atoms with Crippen molar-refractivity contribution in [3.63, 3.8) is 0 Å². The Bertz CT molecular complexity index is 1080. The number of terminal acetylenes is 1. The molecule has 0 aliphatic carbocycles. The second-order valence-electron chi connectivity index (χ2n) is 6.01. The summed E-state index contributed by atoms with van der Waals surface area (Å²) < 4.78 is 18.9. The first kappa shape index (κ1) is 21.6. The first-order valence-electron chi connectivity index (χ1n) is 8.54. The van der Waals surface area contributed by atoms with E-state index in [0.29, 0.717) is 21.5 Å². The minimum Gasteiger partial charge on any atom is -0.480 e. The molecule has 1 heterocycles. The van der Waals surface area contributed by atoms with E-state index in [0.717, 1.165) is 16.7 Å². The number of hydrogen-bond acceptors (Lipinski definition) is 5. The molecule has 1 aliphatic rings. The number of nitrogens with zero attached hydrogens (tertiary/aromatic N) is 1. The van der Waals surface area contributed by atoms with Crippen LogP contribution in [0.3, 0.4) is 0 Å². The third-order valence-electron chi connectivity index (χ3n) is 3.87. The molecular weight excluding hydrogens is 475 g/mol. The smallest absolute Gasteiger partial charge is 0.294 e. The van der Waals surface area contributed by atoms with Crippen molar-refractivity contribution in [3.05, 3.63) is 63.2 Å².